The maximum atomic E-state index is 12.8. The Morgan fingerprint density at radius 3 is 2.03 bits per heavy atom. The summed E-state index contributed by atoms with van der Waals surface area (Å²) in [6, 6.07) is 6.60. The molecule has 0 aromatic heterocycles. The Balaban J connectivity index is 0.000000527. The summed E-state index contributed by atoms with van der Waals surface area (Å²) in [4.78, 5) is 12.8. The number of hydrogen-bond donors (Lipinski definition) is 1. The lowest BCUT2D eigenvalue weighted by Gasteiger charge is -2.23. The van der Waals surface area contributed by atoms with Crippen molar-refractivity contribution in [1.29, 1.82) is 0 Å². The Bertz CT molecular complexity index is 877. The molecule has 0 bridgehead atoms. The van der Waals surface area contributed by atoms with Crippen LogP contribution in [0.25, 0.3) is 0 Å². The minimum atomic E-state index is -0.271. The summed E-state index contributed by atoms with van der Waals surface area (Å²) in [5.74, 6) is 1.31. The zero-order valence-electron chi connectivity index (χ0n) is 18.7. The molecule has 0 atom stereocenters. The average Bonchev–Trinajstić information content (AvgIpc) is 2.74. The second-order valence-corrected chi connectivity index (χ2v) is 6.38. The van der Waals surface area contributed by atoms with Crippen molar-refractivity contribution in [1.82, 2.24) is 0 Å². The van der Waals surface area contributed by atoms with E-state index in [9.17, 15) is 9.90 Å². The topological polar surface area (TPSA) is 65.0 Å². The molecule has 0 spiro atoms. The van der Waals surface area contributed by atoms with Gasteiger partial charge in [-0.15, -0.1) is 0 Å². The zero-order chi connectivity index (χ0) is 22.1. The summed E-state index contributed by atoms with van der Waals surface area (Å²) in [6.45, 7) is 10.2. The number of ether oxygens (including phenoxy) is 3. The summed E-state index contributed by atoms with van der Waals surface area (Å²) in [6.07, 6.45) is 2.54. The Hall–Kier alpha value is -2.95. The summed E-state index contributed by atoms with van der Waals surface area (Å²) in [7, 11) is 4.61. The van der Waals surface area contributed by atoms with Crippen LogP contribution in [0.15, 0.2) is 35.9 Å². The van der Waals surface area contributed by atoms with Gasteiger partial charge < -0.3 is 19.3 Å². The lowest BCUT2D eigenvalue weighted by Crippen LogP contribution is -2.17. The summed E-state index contributed by atoms with van der Waals surface area (Å²) < 4.78 is 15.9. The van der Waals surface area contributed by atoms with Crippen LogP contribution in [0, 0.1) is 0 Å². The standard InChI is InChI=1S/C17H16O5.C5H10.C2H6/c1-20-10-6-9-7-11-13(21-2)5-4-12(18)16(11)17(19)15(9)14(8-10)22-3;1-4-5(2)3;1-2/h4-6,8,18H,7H2,1-3H3;4H,1-3H3;1-2H3. The third-order valence-electron chi connectivity index (χ3n) is 4.48. The lowest BCUT2D eigenvalue weighted by atomic mass is 9.83. The van der Waals surface area contributed by atoms with Crippen molar-refractivity contribution in [2.75, 3.05) is 21.3 Å². The molecule has 0 saturated carbocycles. The zero-order valence-corrected chi connectivity index (χ0v) is 18.7. The number of rotatable bonds is 3. The predicted octanol–water partition coefficient (Wildman–Crippen LogP) is 5.55. The number of benzene rings is 2. The van der Waals surface area contributed by atoms with Crippen LogP contribution in [0.4, 0.5) is 0 Å². The van der Waals surface area contributed by atoms with Gasteiger partial charge in [0.1, 0.15) is 23.0 Å². The van der Waals surface area contributed by atoms with E-state index in [1.807, 2.05) is 26.8 Å². The van der Waals surface area contributed by atoms with Gasteiger partial charge in [-0.25, -0.2) is 0 Å². The van der Waals surface area contributed by atoms with Gasteiger partial charge in [0, 0.05) is 18.1 Å². The van der Waals surface area contributed by atoms with Crippen LogP contribution in [-0.4, -0.2) is 32.2 Å². The molecule has 5 nitrogen and oxygen atoms in total. The predicted molar refractivity (Wildman–Crippen MR) is 117 cm³/mol. The van der Waals surface area contributed by atoms with Crippen molar-refractivity contribution < 1.29 is 24.1 Å². The Labute approximate surface area is 173 Å². The van der Waals surface area contributed by atoms with E-state index in [0.717, 1.165) is 5.56 Å². The molecule has 0 amide bonds. The number of hydrogen-bond acceptors (Lipinski definition) is 5. The summed E-state index contributed by atoms with van der Waals surface area (Å²) >= 11 is 0. The van der Waals surface area contributed by atoms with Crippen molar-refractivity contribution in [3.63, 3.8) is 0 Å². The van der Waals surface area contributed by atoms with E-state index in [4.69, 9.17) is 14.2 Å². The quantitative estimate of drug-likeness (QED) is 0.584. The molecule has 29 heavy (non-hydrogen) atoms. The van der Waals surface area contributed by atoms with Crippen molar-refractivity contribution >= 4 is 5.78 Å². The first-order valence-corrected chi connectivity index (χ1v) is 9.65. The maximum absolute atomic E-state index is 12.8. The molecular weight excluding hydrogens is 368 g/mol. The fourth-order valence-corrected chi connectivity index (χ4v) is 2.87. The highest BCUT2D eigenvalue weighted by atomic mass is 16.5. The molecule has 158 valence electrons. The van der Waals surface area contributed by atoms with Crippen LogP contribution < -0.4 is 14.2 Å². The SMILES string of the molecule is CC.CC=C(C)C.COc1cc2c(c(OC)c1)C(=O)c1c(O)ccc(OC)c1C2. The van der Waals surface area contributed by atoms with Gasteiger partial charge in [-0.1, -0.05) is 25.5 Å². The van der Waals surface area contributed by atoms with Crippen LogP contribution in [0.1, 0.15) is 61.7 Å². The number of carbonyl (C=O) groups is 1. The number of aromatic hydroxyl groups is 1. The van der Waals surface area contributed by atoms with Crippen LogP contribution in [0.2, 0.25) is 0 Å². The molecular formula is C24H32O5. The number of allylic oxidation sites excluding steroid dienone is 2. The van der Waals surface area contributed by atoms with E-state index in [0.29, 0.717) is 34.8 Å². The molecule has 5 heteroatoms. The molecule has 0 unspecified atom stereocenters. The van der Waals surface area contributed by atoms with Crippen molar-refractivity contribution in [3.8, 4) is 23.0 Å². The second kappa shape index (κ2) is 11.1. The van der Waals surface area contributed by atoms with E-state index < -0.39 is 0 Å². The van der Waals surface area contributed by atoms with Gasteiger partial charge in [0.25, 0.3) is 0 Å². The molecule has 0 radical (unpaired) electrons. The molecule has 2 aromatic rings. The largest absolute Gasteiger partial charge is 0.507 e. The van der Waals surface area contributed by atoms with E-state index in [1.54, 1.807) is 26.4 Å². The molecule has 0 saturated heterocycles. The normalized spacial score (nSPS) is 10.8. The molecule has 3 rings (SSSR count). The minimum Gasteiger partial charge on any atom is -0.507 e. The molecule has 0 fully saturated rings. The number of phenols is 1. The van der Waals surface area contributed by atoms with Gasteiger partial charge >= 0.3 is 0 Å². The van der Waals surface area contributed by atoms with E-state index in [-0.39, 0.29) is 17.1 Å². The van der Waals surface area contributed by atoms with Crippen molar-refractivity contribution in [2.24, 2.45) is 0 Å². The molecule has 1 aliphatic carbocycles. The van der Waals surface area contributed by atoms with Crippen molar-refractivity contribution in [2.45, 2.75) is 41.0 Å². The molecule has 2 aromatic carbocycles. The minimum absolute atomic E-state index is 0.0516. The van der Waals surface area contributed by atoms with E-state index in [2.05, 4.69) is 19.9 Å². The number of phenolic OH excluding ortho intramolecular Hbond substituents is 1. The van der Waals surface area contributed by atoms with Crippen LogP contribution in [0.5, 0.6) is 23.0 Å². The Morgan fingerprint density at radius 2 is 1.55 bits per heavy atom. The first-order chi connectivity index (χ1) is 13.9. The fourth-order valence-electron chi connectivity index (χ4n) is 2.87. The highest BCUT2D eigenvalue weighted by molar-refractivity contribution is 6.16. The Morgan fingerprint density at radius 1 is 0.966 bits per heavy atom. The third kappa shape index (κ3) is 5.31. The lowest BCUT2D eigenvalue weighted by molar-refractivity contribution is 0.102. The van der Waals surface area contributed by atoms with Gasteiger partial charge in [-0.3, -0.25) is 4.79 Å². The first-order valence-electron chi connectivity index (χ1n) is 9.65. The molecule has 1 N–H and O–H groups in total. The third-order valence-corrected chi connectivity index (χ3v) is 4.48. The molecule has 0 heterocycles. The van der Waals surface area contributed by atoms with Crippen LogP contribution in [0.3, 0.4) is 0 Å². The summed E-state index contributed by atoms with van der Waals surface area (Å²) in [5.41, 5.74) is 3.58. The smallest absolute Gasteiger partial charge is 0.201 e. The number of carbonyl (C=O) groups excluding carboxylic acids is 1. The van der Waals surface area contributed by atoms with Gasteiger partial charge in [-0.05, 0) is 44.5 Å². The van der Waals surface area contributed by atoms with Gasteiger partial charge in [0.2, 0.25) is 5.78 Å². The van der Waals surface area contributed by atoms with E-state index >= 15 is 0 Å². The molecule has 0 aliphatic heterocycles. The van der Waals surface area contributed by atoms with Gasteiger partial charge in [-0.2, -0.15) is 0 Å². The Kier molecular flexibility index (Phi) is 9.26. The van der Waals surface area contributed by atoms with E-state index in [1.165, 1.54) is 18.7 Å². The number of ketones is 1. The van der Waals surface area contributed by atoms with Crippen LogP contribution in [-0.2, 0) is 6.42 Å². The van der Waals surface area contributed by atoms with Gasteiger partial charge in [0.15, 0.2) is 0 Å². The van der Waals surface area contributed by atoms with Gasteiger partial charge in [0.05, 0.1) is 32.5 Å². The summed E-state index contributed by atoms with van der Waals surface area (Å²) in [5, 5.41) is 10.1. The first kappa shape index (κ1) is 24.1. The highest BCUT2D eigenvalue weighted by Gasteiger charge is 2.31. The van der Waals surface area contributed by atoms with Crippen molar-refractivity contribution in [3.05, 3.63) is 58.2 Å². The maximum Gasteiger partial charge on any atom is 0.201 e. The fraction of sp³-hybridized carbons (Fsp3) is 0.375. The monoisotopic (exact) mass is 400 g/mol. The number of fused-ring (bicyclic) bond motifs is 2. The second-order valence-electron chi connectivity index (χ2n) is 6.38. The number of methoxy groups -OCH3 is 3. The molecule has 1 aliphatic rings. The average molecular weight is 401 g/mol. The highest BCUT2D eigenvalue weighted by Crippen LogP contribution is 2.42. The van der Waals surface area contributed by atoms with Crippen LogP contribution >= 0.6 is 0 Å².